The van der Waals surface area contributed by atoms with Gasteiger partial charge in [0.1, 0.15) is 12.4 Å². The van der Waals surface area contributed by atoms with E-state index < -0.39 is 0 Å². The van der Waals surface area contributed by atoms with E-state index in [2.05, 4.69) is 12.6 Å². The van der Waals surface area contributed by atoms with Gasteiger partial charge in [-0.05, 0) is 35.0 Å². The minimum Gasteiger partial charge on any atom is -0.491 e. The molecule has 2 aromatic carbocycles. The van der Waals surface area contributed by atoms with Crippen LogP contribution in [0.15, 0.2) is 49.1 Å². The fraction of sp³-hybridized carbons (Fsp3) is 0.278. The third kappa shape index (κ3) is 4.88. The van der Waals surface area contributed by atoms with Gasteiger partial charge in [-0.1, -0.05) is 18.2 Å². The second kappa shape index (κ2) is 8.83. The molecule has 4 heteroatoms. The Balaban J connectivity index is 1.75. The summed E-state index contributed by atoms with van der Waals surface area (Å²) in [7, 11) is 0. The van der Waals surface area contributed by atoms with Crippen LogP contribution in [0.2, 0.25) is 0 Å². The molecule has 0 N–H and O–H groups in total. The molecule has 0 radical (unpaired) electrons. The van der Waals surface area contributed by atoms with Gasteiger partial charge >= 0.3 is 0 Å². The van der Waals surface area contributed by atoms with Crippen LogP contribution in [0.3, 0.4) is 0 Å². The summed E-state index contributed by atoms with van der Waals surface area (Å²) in [5, 5.41) is 11.0. The molecule has 2 aromatic rings. The molecule has 0 amide bonds. The predicted octanol–water partition coefficient (Wildman–Crippen LogP) is 3.31. The monoisotopic (exact) mass is 297 g/mol. The average Bonchev–Trinajstić information content (AvgIpc) is 2.56. The van der Waals surface area contributed by atoms with Crippen molar-refractivity contribution in [2.45, 2.75) is 0 Å². The first kappa shape index (κ1) is 16.0. The molecule has 114 valence electrons. The summed E-state index contributed by atoms with van der Waals surface area (Å²) >= 11 is 0. The lowest BCUT2D eigenvalue weighted by molar-refractivity contribution is 0.0449. The van der Waals surface area contributed by atoms with Crippen molar-refractivity contribution in [2.24, 2.45) is 0 Å². The van der Waals surface area contributed by atoms with Crippen molar-refractivity contribution in [3.63, 3.8) is 0 Å². The van der Waals surface area contributed by atoms with E-state index in [1.54, 1.807) is 12.1 Å². The Bertz CT molecular complexity index is 661. The van der Waals surface area contributed by atoms with Crippen LogP contribution in [0, 0.1) is 11.3 Å². The minimum atomic E-state index is 0.489. The zero-order valence-corrected chi connectivity index (χ0v) is 12.5. The molecule has 0 saturated heterocycles. The van der Waals surface area contributed by atoms with Crippen molar-refractivity contribution >= 4 is 10.8 Å². The predicted molar refractivity (Wildman–Crippen MR) is 86.0 cm³/mol. The molecule has 0 saturated carbocycles. The van der Waals surface area contributed by atoms with E-state index in [1.807, 2.05) is 30.3 Å². The zero-order chi connectivity index (χ0) is 15.6. The van der Waals surface area contributed by atoms with Crippen LogP contribution in [-0.2, 0) is 9.47 Å². The van der Waals surface area contributed by atoms with Crippen molar-refractivity contribution in [3.8, 4) is 11.8 Å². The normalized spacial score (nSPS) is 10.3. The highest BCUT2D eigenvalue weighted by molar-refractivity contribution is 5.85. The standard InChI is InChI=1S/C18H19NO3/c1-2-7-20-8-9-21-10-11-22-18-6-5-16-12-15(14-19)3-4-17(16)13-18/h2-6,12-13H,1,7-11H2. The van der Waals surface area contributed by atoms with Crippen LogP contribution >= 0.6 is 0 Å². The Morgan fingerprint density at radius 1 is 0.955 bits per heavy atom. The Labute approximate surface area is 130 Å². The first-order valence-electron chi connectivity index (χ1n) is 7.16. The fourth-order valence-corrected chi connectivity index (χ4v) is 1.99. The molecule has 0 fully saturated rings. The van der Waals surface area contributed by atoms with Gasteiger partial charge in [-0.2, -0.15) is 5.26 Å². The van der Waals surface area contributed by atoms with Gasteiger partial charge in [0.25, 0.3) is 0 Å². The Morgan fingerprint density at radius 2 is 1.68 bits per heavy atom. The first-order chi connectivity index (χ1) is 10.8. The average molecular weight is 297 g/mol. The van der Waals surface area contributed by atoms with Crippen molar-refractivity contribution in [1.29, 1.82) is 5.26 Å². The Hall–Kier alpha value is -2.35. The molecular weight excluding hydrogens is 278 g/mol. The molecule has 0 atom stereocenters. The molecule has 0 unspecified atom stereocenters. The highest BCUT2D eigenvalue weighted by atomic mass is 16.5. The quantitative estimate of drug-likeness (QED) is 0.526. The summed E-state index contributed by atoms with van der Waals surface area (Å²) in [5.74, 6) is 0.795. The molecule has 0 bridgehead atoms. The molecule has 0 spiro atoms. The van der Waals surface area contributed by atoms with Crippen LogP contribution in [0.4, 0.5) is 0 Å². The lowest BCUT2D eigenvalue weighted by Crippen LogP contribution is -2.10. The maximum Gasteiger partial charge on any atom is 0.120 e. The number of fused-ring (bicyclic) bond motifs is 1. The van der Waals surface area contributed by atoms with Gasteiger partial charge in [0.15, 0.2) is 0 Å². The largest absolute Gasteiger partial charge is 0.491 e. The van der Waals surface area contributed by atoms with Crippen LogP contribution in [0.1, 0.15) is 5.56 Å². The van der Waals surface area contributed by atoms with Gasteiger partial charge in [-0.15, -0.1) is 6.58 Å². The number of hydrogen-bond acceptors (Lipinski definition) is 4. The van der Waals surface area contributed by atoms with E-state index >= 15 is 0 Å². The number of benzene rings is 2. The summed E-state index contributed by atoms with van der Waals surface area (Å²) in [5.41, 5.74) is 0.660. The zero-order valence-electron chi connectivity index (χ0n) is 12.5. The maximum atomic E-state index is 8.88. The molecular formula is C18H19NO3. The van der Waals surface area contributed by atoms with Crippen LogP contribution in [-0.4, -0.2) is 33.0 Å². The number of hydrogen-bond donors (Lipinski definition) is 0. The van der Waals surface area contributed by atoms with E-state index in [-0.39, 0.29) is 0 Å². The van der Waals surface area contributed by atoms with E-state index in [1.165, 1.54) is 0 Å². The molecule has 0 aliphatic rings. The highest BCUT2D eigenvalue weighted by Gasteiger charge is 1.99. The highest BCUT2D eigenvalue weighted by Crippen LogP contribution is 2.21. The fourth-order valence-electron chi connectivity index (χ4n) is 1.99. The van der Waals surface area contributed by atoms with E-state index in [9.17, 15) is 0 Å². The van der Waals surface area contributed by atoms with Crippen LogP contribution in [0.5, 0.6) is 5.75 Å². The second-order valence-electron chi connectivity index (χ2n) is 4.66. The molecule has 4 nitrogen and oxygen atoms in total. The minimum absolute atomic E-state index is 0.489. The molecule has 22 heavy (non-hydrogen) atoms. The van der Waals surface area contributed by atoms with Gasteiger partial charge in [0.05, 0.1) is 38.1 Å². The third-order valence-electron chi connectivity index (χ3n) is 3.04. The summed E-state index contributed by atoms with van der Waals surface area (Å²) < 4.78 is 16.3. The SMILES string of the molecule is C=CCOCCOCCOc1ccc2cc(C#N)ccc2c1. The first-order valence-corrected chi connectivity index (χ1v) is 7.16. The number of ether oxygens (including phenoxy) is 3. The summed E-state index contributed by atoms with van der Waals surface area (Å²) in [6, 6.07) is 13.5. The lowest BCUT2D eigenvalue weighted by Gasteiger charge is -2.08. The van der Waals surface area contributed by atoms with Gasteiger partial charge in [0, 0.05) is 0 Å². The van der Waals surface area contributed by atoms with E-state index in [0.717, 1.165) is 16.5 Å². The van der Waals surface area contributed by atoms with E-state index in [4.69, 9.17) is 19.5 Å². The summed E-state index contributed by atoms with van der Waals surface area (Å²) in [4.78, 5) is 0. The summed E-state index contributed by atoms with van der Waals surface area (Å²) in [6.07, 6.45) is 1.71. The molecule has 0 aliphatic heterocycles. The molecule has 0 aliphatic carbocycles. The van der Waals surface area contributed by atoms with Gasteiger partial charge in [-0.25, -0.2) is 0 Å². The van der Waals surface area contributed by atoms with Crippen molar-refractivity contribution in [3.05, 3.63) is 54.6 Å². The van der Waals surface area contributed by atoms with Crippen molar-refractivity contribution < 1.29 is 14.2 Å². The summed E-state index contributed by atoms with van der Waals surface area (Å²) in [6.45, 7) is 6.23. The second-order valence-corrected chi connectivity index (χ2v) is 4.66. The Morgan fingerprint density at radius 3 is 2.50 bits per heavy atom. The smallest absolute Gasteiger partial charge is 0.120 e. The third-order valence-corrected chi connectivity index (χ3v) is 3.04. The lowest BCUT2D eigenvalue weighted by atomic mass is 10.1. The van der Waals surface area contributed by atoms with Gasteiger partial charge < -0.3 is 14.2 Å². The molecule has 0 heterocycles. The topological polar surface area (TPSA) is 51.5 Å². The van der Waals surface area contributed by atoms with Gasteiger partial charge in [-0.3, -0.25) is 0 Å². The van der Waals surface area contributed by atoms with Gasteiger partial charge in [0.2, 0.25) is 0 Å². The molecule has 0 aromatic heterocycles. The number of rotatable bonds is 9. The number of nitriles is 1. The number of nitrogens with zero attached hydrogens (tertiary/aromatic N) is 1. The van der Waals surface area contributed by atoms with E-state index in [0.29, 0.717) is 38.6 Å². The maximum absolute atomic E-state index is 8.88. The van der Waals surface area contributed by atoms with Crippen LogP contribution in [0.25, 0.3) is 10.8 Å². The van der Waals surface area contributed by atoms with Crippen LogP contribution < -0.4 is 4.74 Å². The van der Waals surface area contributed by atoms with Crippen molar-refractivity contribution in [1.82, 2.24) is 0 Å². The molecule has 2 rings (SSSR count). The Kier molecular flexibility index (Phi) is 6.43. The van der Waals surface area contributed by atoms with Crippen molar-refractivity contribution in [2.75, 3.05) is 33.0 Å².